The number of carbonyl (C=O) groups is 1. The van der Waals surface area contributed by atoms with Crippen LogP contribution in [0.5, 0.6) is 11.5 Å². The third-order valence-corrected chi connectivity index (χ3v) is 5.69. The van der Waals surface area contributed by atoms with Gasteiger partial charge in [0.2, 0.25) is 0 Å². The van der Waals surface area contributed by atoms with Crippen LogP contribution in [0.4, 0.5) is 16.3 Å². The van der Waals surface area contributed by atoms with E-state index in [1.165, 1.54) is 25.0 Å². The predicted molar refractivity (Wildman–Crippen MR) is 127 cm³/mol. The fraction of sp³-hybridized carbons (Fsp3) is 0.261. The number of methoxy groups -OCH3 is 2. The number of urea groups is 1. The Morgan fingerprint density at radius 3 is 2.33 bits per heavy atom. The lowest BCUT2D eigenvalue weighted by molar-refractivity contribution is 0.208. The minimum absolute atomic E-state index is 0.199. The minimum Gasteiger partial charge on any atom is -0.495 e. The van der Waals surface area contributed by atoms with Crippen molar-refractivity contribution in [3.63, 3.8) is 0 Å². The van der Waals surface area contributed by atoms with Crippen molar-refractivity contribution in [3.05, 3.63) is 70.0 Å². The number of anilines is 2. The van der Waals surface area contributed by atoms with Crippen LogP contribution in [0.1, 0.15) is 0 Å². The van der Waals surface area contributed by atoms with Gasteiger partial charge in [-0.3, -0.25) is 4.79 Å². The van der Waals surface area contributed by atoms with Gasteiger partial charge in [0.25, 0.3) is 5.56 Å². The van der Waals surface area contributed by atoms with Gasteiger partial charge in [0.1, 0.15) is 17.3 Å². The highest BCUT2D eigenvalue weighted by molar-refractivity contribution is 6.32. The average Bonchev–Trinajstić information content (AvgIpc) is 2.85. The normalized spacial score (nSPS) is 13.5. The number of aromatic nitrogens is 2. The van der Waals surface area contributed by atoms with Crippen LogP contribution >= 0.6 is 11.6 Å². The van der Waals surface area contributed by atoms with Crippen molar-refractivity contribution in [2.45, 2.75) is 0 Å². The molecule has 10 heteroatoms. The van der Waals surface area contributed by atoms with Crippen molar-refractivity contribution < 1.29 is 14.3 Å². The van der Waals surface area contributed by atoms with Gasteiger partial charge in [-0.15, -0.1) is 5.10 Å². The van der Waals surface area contributed by atoms with Gasteiger partial charge in [0.05, 0.1) is 30.6 Å². The zero-order chi connectivity index (χ0) is 23.4. The van der Waals surface area contributed by atoms with Crippen LogP contribution in [0.3, 0.4) is 0 Å². The molecule has 1 aliphatic rings. The number of carbonyl (C=O) groups excluding carboxylic acids is 1. The fourth-order valence-corrected chi connectivity index (χ4v) is 3.86. The molecular formula is C23H24ClN5O4. The van der Waals surface area contributed by atoms with Gasteiger partial charge in [0.15, 0.2) is 0 Å². The predicted octanol–water partition coefficient (Wildman–Crippen LogP) is 3.26. The lowest BCUT2D eigenvalue weighted by Crippen LogP contribution is -2.50. The number of nitrogens with one attached hydrogen (secondary N) is 1. The molecule has 33 heavy (non-hydrogen) atoms. The molecule has 2 heterocycles. The second kappa shape index (κ2) is 9.83. The highest BCUT2D eigenvalue weighted by Crippen LogP contribution is 2.36. The number of hydrogen-bond acceptors (Lipinski definition) is 6. The summed E-state index contributed by atoms with van der Waals surface area (Å²) in [6, 6.07) is 15.5. The van der Waals surface area contributed by atoms with Crippen LogP contribution < -0.4 is 25.2 Å². The van der Waals surface area contributed by atoms with Crippen molar-refractivity contribution in [1.29, 1.82) is 0 Å². The first kappa shape index (κ1) is 22.5. The molecule has 1 fully saturated rings. The smallest absolute Gasteiger partial charge is 0.322 e. The number of piperazine rings is 1. The molecule has 0 saturated carbocycles. The van der Waals surface area contributed by atoms with Gasteiger partial charge in [0, 0.05) is 38.3 Å². The van der Waals surface area contributed by atoms with Gasteiger partial charge in [-0.05, 0) is 24.3 Å². The number of halogens is 1. The number of amides is 2. The fourth-order valence-electron chi connectivity index (χ4n) is 3.61. The van der Waals surface area contributed by atoms with Crippen LogP contribution in [0.15, 0.2) is 59.4 Å². The van der Waals surface area contributed by atoms with Crippen molar-refractivity contribution in [3.8, 4) is 17.2 Å². The molecule has 0 atom stereocenters. The van der Waals surface area contributed by atoms with E-state index in [9.17, 15) is 9.59 Å². The van der Waals surface area contributed by atoms with E-state index in [-0.39, 0.29) is 11.6 Å². The number of para-hydroxylation sites is 1. The summed E-state index contributed by atoms with van der Waals surface area (Å²) in [4.78, 5) is 28.9. The van der Waals surface area contributed by atoms with Crippen molar-refractivity contribution in [2.24, 2.45) is 0 Å². The first-order chi connectivity index (χ1) is 16.0. The molecule has 1 aliphatic heterocycles. The molecule has 172 valence electrons. The second-order valence-corrected chi connectivity index (χ2v) is 7.78. The Labute approximate surface area is 196 Å². The maximum atomic E-state index is 12.8. The zero-order valence-electron chi connectivity index (χ0n) is 18.3. The lowest BCUT2D eigenvalue weighted by Gasteiger charge is -2.35. The molecule has 4 rings (SSSR count). The third-order valence-electron chi connectivity index (χ3n) is 5.39. The highest BCUT2D eigenvalue weighted by atomic mass is 35.5. The van der Waals surface area contributed by atoms with Crippen LogP contribution in [0.25, 0.3) is 5.69 Å². The molecule has 1 N–H and O–H groups in total. The Balaban J connectivity index is 1.43. The molecule has 9 nitrogen and oxygen atoms in total. The van der Waals surface area contributed by atoms with Crippen LogP contribution in [-0.4, -0.2) is 61.1 Å². The van der Waals surface area contributed by atoms with E-state index in [4.69, 9.17) is 21.1 Å². The van der Waals surface area contributed by atoms with Crippen molar-refractivity contribution >= 4 is 29.1 Å². The molecule has 0 bridgehead atoms. The van der Waals surface area contributed by atoms with Gasteiger partial charge < -0.3 is 24.6 Å². The topological polar surface area (TPSA) is 88.9 Å². The summed E-state index contributed by atoms with van der Waals surface area (Å²) in [6.45, 7) is 2.14. The van der Waals surface area contributed by atoms with Crippen LogP contribution in [-0.2, 0) is 0 Å². The lowest BCUT2D eigenvalue weighted by atomic mass is 10.2. The summed E-state index contributed by atoms with van der Waals surface area (Å²) in [5.41, 5.74) is 0.969. The molecule has 0 unspecified atom stereocenters. The summed E-state index contributed by atoms with van der Waals surface area (Å²) in [6.07, 6.45) is 0. The number of benzene rings is 2. The first-order valence-electron chi connectivity index (χ1n) is 10.4. The van der Waals surface area contributed by atoms with Gasteiger partial charge in [-0.25, -0.2) is 4.79 Å². The number of nitrogens with zero attached hydrogens (tertiary/aromatic N) is 4. The van der Waals surface area contributed by atoms with Crippen LogP contribution in [0.2, 0.25) is 5.02 Å². The van der Waals surface area contributed by atoms with Crippen molar-refractivity contribution in [2.75, 3.05) is 50.6 Å². The Bertz CT molecular complexity index is 1190. The molecule has 0 spiro atoms. The first-order valence-corrected chi connectivity index (χ1v) is 10.8. The third kappa shape index (κ3) is 4.88. The number of hydrogen-bond donors (Lipinski definition) is 1. The Kier molecular flexibility index (Phi) is 6.69. The van der Waals surface area contributed by atoms with Crippen molar-refractivity contribution in [1.82, 2.24) is 14.7 Å². The Morgan fingerprint density at radius 1 is 0.970 bits per heavy atom. The Morgan fingerprint density at radius 2 is 1.67 bits per heavy atom. The summed E-state index contributed by atoms with van der Waals surface area (Å²) < 4.78 is 11.9. The van der Waals surface area contributed by atoms with Gasteiger partial charge in [-0.1, -0.05) is 29.8 Å². The number of rotatable bonds is 5. The quantitative estimate of drug-likeness (QED) is 0.617. The summed E-state index contributed by atoms with van der Waals surface area (Å²) in [5, 5.41) is 7.75. The molecule has 1 aromatic heterocycles. The minimum atomic E-state index is -0.253. The van der Waals surface area contributed by atoms with E-state index in [0.29, 0.717) is 59.9 Å². The van der Waals surface area contributed by atoms with E-state index in [2.05, 4.69) is 10.4 Å². The summed E-state index contributed by atoms with van der Waals surface area (Å²) in [7, 11) is 3.03. The monoisotopic (exact) mass is 469 g/mol. The molecule has 2 aromatic carbocycles. The molecule has 0 radical (unpaired) electrons. The molecule has 2 amide bonds. The van der Waals surface area contributed by atoms with E-state index >= 15 is 0 Å². The van der Waals surface area contributed by atoms with Gasteiger partial charge in [-0.2, -0.15) is 4.68 Å². The average molecular weight is 470 g/mol. The standard InChI is InChI=1S/C23H24ClN5O4/c1-32-19-15-20(33-2)18(14-17(19)24)25-23(31)28-12-10-27(11-13-28)21-8-9-22(30)29(26-21)16-6-4-3-5-7-16/h3-9,14-15H,10-13H2,1-2H3,(H,25,31). The summed E-state index contributed by atoms with van der Waals surface area (Å²) in [5.74, 6) is 1.60. The molecule has 1 saturated heterocycles. The van der Waals surface area contributed by atoms with Gasteiger partial charge >= 0.3 is 6.03 Å². The Hall–Kier alpha value is -3.72. The largest absolute Gasteiger partial charge is 0.495 e. The highest BCUT2D eigenvalue weighted by Gasteiger charge is 2.24. The SMILES string of the molecule is COc1cc(OC)c(NC(=O)N2CCN(c3ccc(=O)n(-c4ccccc4)n3)CC2)cc1Cl. The van der Waals surface area contributed by atoms with Crippen LogP contribution in [0, 0.1) is 0 Å². The molecule has 0 aliphatic carbocycles. The number of ether oxygens (including phenoxy) is 2. The van der Waals surface area contributed by atoms with E-state index in [0.717, 1.165) is 0 Å². The maximum Gasteiger partial charge on any atom is 0.322 e. The zero-order valence-corrected chi connectivity index (χ0v) is 19.1. The van der Waals surface area contributed by atoms with E-state index in [1.54, 1.807) is 23.1 Å². The summed E-state index contributed by atoms with van der Waals surface area (Å²) >= 11 is 6.20. The van der Waals surface area contributed by atoms with E-state index < -0.39 is 0 Å². The maximum absolute atomic E-state index is 12.8. The molecular weight excluding hydrogens is 446 g/mol. The van der Waals surface area contributed by atoms with E-state index in [1.807, 2.05) is 35.2 Å². The molecule has 3 aromatic rings. The second-order valence-electron chi connectivity index (χ2n) is 7.37.